The van der Waals surface area contributed by atoms with Crippen LogP contribution in [0.5, 0.6) is 5.75 Å². The van der Waals surface area contributed by atoms with Gasteiger partial charge in [0.1, 0.15) is 11.3 Å². The molecule has 2 aromatic carbocycles. The number of carbonyl (C=O) groups excluding carboxylic acids is 1. The van der Waals surface area contributed by atoms with Gasteiger partial charge in [0, 0.05) is 18.0 Å². The lowest BCUT2D eigenvalue weighted by atomic mass is 10.0. The highest BCUT2D eigenvalue weighted by Gasteiger charge is 2.15. The minimum absolute atomic E-state index is 0.00489. The van der Waals surface area contributed by atoms with E-state index in [4.69, 9.17) is 9.15 Å². The van der Waals surface area contributed by atoms with Gasteiger partial charge >= 0.3 is 5.63 Å². The van der Waals surface area contributed by atoms with Crippen molar-refractivity contribution in [3.8, 4) is 5.75 Å². The van der Waals surface area contributed by atoms with E-state index in [9.17, 15) is 9.59 Å². The van der Waals surface area contributed by atoms with E-state index in [-0.39, 0.29) is 12.3 Å². The average Bonchev–Trinajstić information content (AvgIpc) is 2.65. The topological polar surface area (TPSA) is 68.5 Å². The number of hydrogen-bond donors (Lipinski definition) is 1. The molecule has 0 aliphatic heterocycles. The highest BCUT2D eigenvalue weighted by molar-refractivity contribution is 5.85. The van der Waals surface area contributed by atoms with Crippen LogP contribution in [0.2, 0.25) is 0 Å². The third-order valence-corrected chi connectivity index (χ3v) is 4.41. The standard InChI is InChI=1S/C21H21NO4/c1-14-17-9-8-16(25-2)12-19(17)26-21(24)18(14)13-20(23)22-11-10-15-6-4-3-5-7-15/h3-9,12H,10-11,13H2,1-2H3,(H,22,23). The van der Waals surface area contributed by atoms with Crippen LogP contribution >= 0.6 is 0 Å². The molecular formula is C21H21NO4. The quantitative estimate of drug-likeness (QED) is 0.693. The predicted octanol–water partition coefficient (Wildman–Crippen LogP) is 3.01. The number of carbonyl (C=O) groups is 1. The molecule has 0 saturated carbocycles. The van der Waals surface area contributed by atoms with Crippen LogP contribution in [0.3, 0.4) is 0 Å². The molecule has 1 amide bonds. The number of hydrogen-bond acceptors (Lipinski definition) is 4. The van der Waals surface area contributed by atoms with E-state index in [0.29, 0.717) is 23.4 Å². The molecule has 3 aromatic rings. The van der Waals surface area contributed by atoms with Gasteiger partial charge in [-0.1, -0.05) is 30.3 Å². The molecule has 1 N–H and O–H groups in total. The normalized spacial score (nSPS) is 10.7. The molecule has 0 radical (unpaired) electrons. The molecule has 0 unspecified atom stereocenters. The van der Waals surface area contributed by atoms with Gasteiger partial charge in [-0.3, -0.25) is 4.79 Å². The van der Waals surface area contributed by atoms with E-state index in [1.165, 1.54) is 0 Å². The van der Waals surface area contributed by atoms with E-state index >= 15 is 0 Å². The minimum Gasteiger partial charge on any atom is -0.497 e. The van der Waals surface area contributed by atoms with Crippen molar-refractivity contribution >= 4 is 16.9 Å². The van der Waals surface area contributed by atoms with Gasteiger partial charge in [-0.25, -0.2) is 4.79 Å². The second-order valence-electron chi connectivity index (χ2n) is 6.12. The van der Waals surface area contributed by atoms with Crippen LogP contribution < -0.4 is 15.7 Å². The number of rotatable bonds is 6. The average molecular weight is 351 g/mol. The van der Waals surface area contributed by atoms with Gasteiger partial charge in [-0.15, -0.1) is 0 Å². The van der Waals surface area contributed by atoms with Crippen molar-refractivity contribution in [3.63, 3.8) is 0 Å². The Morgan fingerprint density at radius 2 is 1.92 bits per heavy atom. The first-order chi connectivity index (χ1) is 12.6. The zero-order valence-corrected chi connectivity index (χ0v) is 14.9. The fourth-order valence-electron chi connectivity index (χ4n) is 2.92. The van der Waals surface area contributed by atoms with E-state index in [1.807, 2.05) is 43.3 Å². The van der Waals surface area contributed by atoms with E-state index in [2.05, 4.69) is 5.32 Å². The number of nitrogens with one attached hydrogen (secondary N) is 1. The zero-order valence-electron chi connectivity index (χ0n) is 14.9. The van der Waals surface area contributed by atoms with Gasteiger partial charge in [0.05, 0.1) is 19.1 Å². The number of benzene rings is 2. The Morgan fingerprint density at radius 1 is 1.15 bits per heavy atom. The molecule has 134 valence electrons. The molecule has 0 fully saturated rings. The van der Waals surface area contributed by atoms with Gasteiger partial charge in [-0.2, -0.15) is 0 Å². The van der Waals surface area contributed by atoms with E-state index < -0.39 is 5.63 Å². The first-order valence-electron chi connectivity index (χ1n) is 8.49. The largest absolute Gasteiger partial charge is 0.497 e. The molecule has 0 saturated heterocycles. The fourth-order valence-corrected chi connectivity index (χ4v) is 2.92. The summed E-state index contributed by atoms with van der Waals surface area (Å²) in [6.07, 6.45) is 0.753. The monoisotopic (exact) mass is 351 g/mol. The second kappa shape index (κ2) is 7.87. The maximum atomic E-state index is 12.3. The van der Waals surface area contributed by atoms with Crippen molar-refractivity contribution in [1.82, 2.24) is 5.32 Å². The van der Waals surface area contributed by atoms with Gasteiger partial charge < -0.3 is 14.5 Å². The SMILES string of the molecule is COc1ccc2c(C)c(CC(=O)NCCc3ccccc3)c(=O)oc2c1. The van der Waals surface area contributed by atoms with Crippen molar-refractivity contribution in [2.45, 2.75) is 19.8 Å². The van der Waals surface area contributed by atoms with Crippen molar-refractivity contribution in [2.75, 3.05) is 13.7 Å². The second-order valence-corrected chi connectivity index (χ2v) is 6.12. The smallest absolute Gasteiger partial charge is 0.340 e. The molecule has 0 spiro atoms. The van der Waals surface area contributed by atoms with Crippen molar-refractivity contribution < 1.29 is 13.9 Å². The van der Waals surface area contributed by atoms with E-state index in [1.54, 1.807) is 19.2 Å². The van der Waals surface area contributed by atoms with Crippen LogP contribution in [-0.2, 0) is 17.6 Å². The van der Waals surface area contributed by atoms with Crippen molar-refractivity contribution in [1.29, 1.82) is 0 Å². The molecule has 3 rings (SSSR count). The first-order valence-corrected chi connectivity index (χ1v) is 8.49. The number of aryl methyl sites for hydroxylation is 1. The van der Waals surface area contributed by atoms with Crippen LogP contribution in [-0.4, -0.2) is 19.6 Å². The molecule has 5 nitrogen and oxygen atoms in total. The lowest BCUT2D eigenvalue weighted by Gasteiger charge is -2.09. The van der Waals surface area contributed by atoms with Gasteiger partial charge in [0.15, 0.2) is 0 Å². The molecule has 0 aliphatic carbocycles. The summed E-state index contributed by atoms with van der Waals surface area (Å²) >= 11 is 0. The summed E-state index contributed by atoms with van der Waals surface area (Å²) in [4.78, 5) is 24.5. The fraction of sp³-hybridized carbons (Fsp3) is 0.238. The predicted molar refractivity (Wildman–Crippen MR) is 101 cm³/mol. The van der Waals surface area contributed by atoms with E-state index in [0.717, 1.165) is 22.9 Å². The zero-order chi connectivity index (χ0) is 18.5. The Labute approximate surface area is 151 Å². The molecular weight excluding hydrogens is 330 g/mol. The van der Waals surface area contributed by atoms with Crippen LogP contribution in [0.1, 0.15) is 16.7 Å². The lowest BCUT2D eigenvalue weighted by molar-refractivity contribution is -0.120. The van der Waals surface area contributed by atoms with Crippen molar-refractivity contribution in [2.24, 2.45) is 0 Å². The Bertz CT molecular complexity index is 976. The van der Waals surface area contributed by atoms with Gasteiger partial charge in [0.2, 0.25) is 5.91 Å². The van der Waals surface area contributed by atoms with Gasteiger partial charge in [0.25, 0.3) is 0 Å². The van der Waals surface area contributed by atoms with Gasteiger partial charge in [-0.05, 0) is 36.6 Å². The summed E-state index contributed by atoms with van der Waals surface area (Å²) < 4.78 is 10.5. The third-order valence-electron chi connectivity index (χ3n) is 4.41. The first kappa shape index (κ1) is 17.7. The molecule has 0 atom stereocenters. The number of ether oxygens (including phenoxy) is 1. The Balaban J connectivity index is 1.71. The minimum atomic E-state index is -0.485. The molecule has 1 heterocycles. The summed E-state index contributed by atoms with van der Waals surface area (Å²) in [5, 5.41) is 3.66. The van der Waals surface area contributed by atoms with Crippen molar-refractivity contribution in [3.05, 3.63) is 75.6 Å². The highest BCUT2D eigenvalue weighted by atomic mass is 16.5. The Kier molecular flexibility index (Phi) is 5.37. The van der Waals surface area contributed by atoms with Crippen LogP contribution in [0.25, 0.3) is 11.0 Å². The Morgan fingerprint density at radius 3 is 2.65 bits per heavy atom. The Hall–Kier alpha value is -3.08. The summed E-state index contributed by atoms with van der Waals surface area (Å²) in [7, 11) is 1.56. The summed E-state index contributed by atoms with van der Waals surface area (Å²) in [6, 6.07) is 15.2. The molecule has 0 bridgehead atoms. The molecule has 0 aliphatic rings. The summed E-state index contributed by atoms with van der Waals surface area (Å²) in [5.74, 6) is 0.427. The highest BCUT2D eigenvalue weighted by Crippen LogP contribution is 2.24. The number of amides is 1. The molecule has 1 aromatic heterocycles. The van der Waals surface area contributed by atoms with Crippen LogP contribution in [0.15, 0.2) is 57.7 Å². The maximum absolute atomic E-state index is 12.3. The summed E-state index contributed by atoms with van der Waals surface area (Å²) in [5.41, 5.74) is 2.28. The number of methoxy groups -OCH3 is 1. The summed E-state index contributed by atoms with van der Waals surface area (Å²) in [6.45, 7) is 2.36. The van der Waals surface area contributed by atoms with Crippen LogP contribution in [0, 0.1) is 6.92 Å². The third kappa shape index (κ3) is 3.94. The molecule has 26 heavy (non-hydrogen) atoms. The van der Waals surface area contributed by atoms with Crippen LogP contribution in [0.4, 0.5) is 0 Å². The lowest BCUT2D eigenvalue weighted by Crippen LogP contribution is -2.29. The number of fused-ring (bicyclic) bond motifs is 1. The maximum Gasteiger partial charge on any atom is 0.340 e. The molecule has 5 heteroatoms.